The number of nitrogens with zero attached hydrogens (tertiary/aromatic N) is 2. The molecule has 1 aromatic heterocycles. The number of nitrogens with two attached hydrogens (primary N) is 1. The number of benzene rings is 1. The number of hydrogen-bond donors (Lipinski definition) is 1. The van der Waals surface area contributed by atoms with Crippen molar-refractivity contribution < 1.29 is 14.0 Å². The Morgan fingerprint density at radius 3 is 2.61 bits per heavy atom. The third kappa shape index (κ3) is 3.59. The van der Waals surface area contributed by atoms with E-state index in [9.17, 15) is 0 Å². The lowest BCUT2D eigenvalue weighted by Gasteiger charge is -2.34. The van der Waals surface area contributed by atoms with Crippen molar-refractivity contribution in [3.8, 4) is 11.5 Å². The molecule has 2 N–H and O–H groups in total. The summed E-state index contributed by atoms with van der Waals surface area (Å²) >= 11 is 0. The van der Waals surface area contributed by atoms with Crippen molar-refractivity contribution >= 4 is 12.4 Å². The Bertz CT molecular complexity index is 656. The minimum Gasteiger partial charge on any atom is -0.497 e. The smallest absolute Gasteiger partial charge is 0.227 e. The predicted molar refractivity (Wildman–Crippen MR) is 88.2 cm³/mol. The van der Waals surface area contributed by atoms with Gasteiger partial charge in [-0.15, -0.1) is 12.4 Å². The molecule has 0 amide bonds. The molecule has 0 atom stereocenters. The molecule has 1 saturated carbocycles. The average Bonchev–Trinajstić information content (AvgIpc) is 2.99. The first-order chi connectivity index (χ1) is 10.6. The van der Waals surface area contributed by atoms with E-state index in [0.29, 0.717) is 18.1 Å². The SMILES string of the molecule is COc1ccc(OC)c(CCc2nc(C3(N)CCC3)no2)c1.Cl. The summed E-state index contributed by atoms with van der Waals surface area (Å²) < 4.78 is 16.0. The monoisotopic (exact) mass is 339 g/mol. The third-order valence-corrected chi connectivity index (χ3v) is 4.25. The molecule has 2 aromatic rings. The van der Waals surface area contributed by atoms with Crippen LogP contribution in [0.2, 0.25) is 0 Å². The Kier molecular flexibility index (Phi) is 5.49. The minimum atomic E-state index is -0.380. The lowest BCUT2D eigenvalue weighted by Crippen LogP contribution is -2.44. The lowest BCUT2D eigenvalue weighted by atomic mass is 9.77. The molecule has 0 bridgehead atoms. The van der Waals surface area contributed by atoms with Crippen LogP contribution >= 0.6 is 12.4 Å². The Hall–Kier alpha value is -1.79. The average molecular weight is 340 g/mol. The first kappa shape index (κ1) is 17.6. The molecule has 126 valence electrons. The van der Waals surface area contributed by atoms with Crippen LogP contribution in [0.3, 0.4) is 0 Å². The second-order valence-electron chi connectivity index (χ2n) is 5.70. The highest BCUT2D eigenvalue weighted by Crippen LogP contribution is 2.37. The van der Waals surface area contributed by atoms with Crippen molar-refractivity contribution in [1.29, 1.82) is 0 Å². The molecule has 0 spiro atoms. The van der Waals surface area contributed by atoms with Crippen molar-refractivity contribution in [3.63, 3.8) is 0 Å². The number of methoxy groups -OCH3 is 2. The van der Waals surface area contributed by atoms with E-state index in [1.165, 1.54) is 0 Å². The van der Waals surface area contributed by atoms with E-state index in [4.69, 9.17) is 19.7 Å². The highest BCUT2D eigenvalue weighted by atomic mass is 35.5. The number of rotatable bonds is 6. The van der Waals surface area contributed by atoms with Gasteiger partial charge in [0.05, 0.1) is 19.8 Å². The molecule has 1 aromatic carbocycles. The lowest BCUT2D eigenvalue weighted by molar-refractivity contribution is 0.229. The van der Waals surface area contributed by atoms with Gasteiger partial charge < -0.3 is 19.7 Å². The van der Waals surface area contributed by atoms with Gasteiger partial charge in [0.1, 0.15) is 11.5 Å². The molecule has 1 aliphatic rings. The molecular formula is C16H22ClN3O3. The van der Waals surface area contributed by atoms with Crippen LogP contribution in [-0.2, 0) is 18.4 Å². The number of hydrogen-bond acceptors (Lipinski definition) is 6. The zero-order chi connectivity index (χ0) is 15.6. The summed E-state index contributed by atoms with van der Waals surface area (Å²) in [5, 5.41) is 4.03. The highest BCUT2D eigenvalue weighted by Gasteiger charge is 2.38. The predicted octanol–water partition coefficient (Wildman–Crippen LogP) is 2.63. The molecule has 1 aliphatic carbocycles. The molecule has 6 nitrogen and oxygen atoms in total. The van der Waals surface area contributed by atoms with Crippen LogP contribution in [-0.4, -0.2) is 24.4 Å². The van der Waals surface area contributed by atoms with Crippen LogP contribution in [0, 0.1) is 0 Å². The zero-order valence-corrected chi connectivity index (χ0v) is 14.2. The number of aromatic nitrogens is 2. The molecule has 7 heteroatoms. The Morgan fingerprint density at radius 2 is 2.00 bits per heavy atom. The molecule has 1 heterocycles. The van der Waals surface area contributed by atoms with Gasteiger partial charge >= 0.3 is 0 Å². The molecule has 0 unspecified atom stereocenters. The van der Waals surface area contributed by atoms with Crippen LogP contribution in [0.4, 0.5) is 0 Å². The van der Waals surface area contributed by atoms with Crippen molar-refractivity contribution in [2.24, 2.45) is 5.73 Å². The topological polar surface area (TPSA) is 83.4 Å². The summed E-state index contributed by atoms with van der Waals surface area (Å²) in [6.07, 6.45) is 4.36. The Labute approximate surface area is 141 Å². The first-order valence-electron chi connectivity index (χ1n) is 7.47. The van der Waals surface area contributed by atoms with E-state index >= 15 is 0 Å². The molecule has 3 rings (SSSR count). The fourth-order valence-electron chi connectivity index (χ4n) is 2.66. The summed E-state index contributed by atoms with van der Waals surface area (Å²) in [5.41, 5.74) is 6.88. The van der Waals surface area contributed by atoms with E-state index in [2.05, 4.69) is 10.1 Å². The molecule has 0 aliphatic heterocycles. The normalized spacial score (nSPS) is 15.4. The van der Waals surface area contributed by atoms with Crippen LogP contribution in [0.5, 0.6) is 11.5 Å². The number of halogens is 1. The highest BCUT2D eigenvalue weighted by molar-refractivity contribution is 5.85. The summed E-state index contributed by atoms with van der Waals surface area (Å²) in [6.45, 7) is 0. The maximum Gasteiger partial charge on any atom is 0.227 e. The van der Waals surface area contributed by atoms with Gasteiger partial charge in [-0.1, -0.05) is 5.16 Å². The van der Waals surface area contributed by atoms with Gasteiger partial charge in [0.15, 0.2) is 5.82 Å². The number of ether oxygens (including phenoxy) is 2. The fraction of sp³-hybridized carbons (Fsp3) is 0.500. The third-order valence-electron chi connectivity index (χ3n) is 4.25. The molecule has 0 saturated heterocycles. The molecule has 1 fully saturated rings. The zero-order valence-electron chi connectivity index (χ0n) is 13.4. The standard InChI is InChI=1S/C16H21N3O3.ClH/c1-20-12-5-6-13(21-2)11(10-12)4-7-14-18-15(19-22-14)16(17)8-3-9-16;/h5-6,10H,3-4,7-9,17H2,1-2H3;1H. The van der Waals surface area contributed by atoms with E-state index < -0.39 is 0 Å². The van der Waals surface area contributed by atoms with Crippen LogP contribution in [0.15, 0.2) is 22.7 Å². The largest absolute Gasteiger partial charge is 0.497 e. The van der Waals surface area contributed by atoms with Gasteiger partial charge in [-0.25, -0.2) is 0 Å². The van der Waals surface area contributed by atoms with Crippen LogP contribution < -0.4 is 15.2 Å². The Balaban J connectivity index is 0.00000192. The first-order valence-corrected chi connectivity index (χ1v) is 7.47. The van der Waals surface area contributed by atoms with Gasteiger partial charge in [-0.05, 0) is 49.4 Å². The number of aryl methyl sites for hydroxylation is 2. The molecule has 23 heavy (non-hydrogen) atoms. The van der Waals surface area contributed by atoms with Gasteiger partial charge in [-0.3, -0.25) is 0 Å². The quantitative estimate of drug-likeness (QED) is 0.871. The summed E-state index contributed by atoms with van der Waals surface area (Å²) in [7, 11) is 3.31. The van der Waals surface area contributed by atoms with Crippen molar-refractivity contribution in [2.75, 3.05) is 14.2 Å². The van der Waals surface area contributed by atoms with E-state index in [1.54, 1.807) is 14.2 Å². The van der Waals surface area contributed by atoms with Gasteiger partial charge in [-0.2, -0.15) is 4.98 Å². The van der Waals surface area contributed by atoms with Crippen LogP contribution in [0.25, 0.3) is 0 Å². The van der Waals surface area contributed by atoms with Crippen LogP contribution in [0.1, 0.15) is 36.5 Å². The minimum absolute atomic E-state index is 0. The second kappa shape index (κ2) is 7.19. The summed E-state index contributed by atoms with van der Waals surface area (Å²) in [5.74, 6) is 2.87. The van der Waals surface area contributed by atoms with Gasteiger partial charge in [0.25, 0.3) is 0 Å². The maximum atomic E-state index is 6.21. The molecular weight excluding hydrogens is 318 g/mol. The van der Waals surface area contributed by atoms with E-state index in [0.717, 1.165) is 42.7 Å². The van der Waals surface area contributed by atoms with E-state index in [1.807, 2.05) is 18.2 Å². The van der Waals surface area contributed by atoms with Crippen molar-refractivity contribution in [2.45, 2.75) is 37.6 Å². The van der Waals surface area contributed by atoms with E-state index in [-0.39, 0.29) is 17.9 Å². The second-order valence-corrected chi connectivity index (χ2v) is 5.70. The fourth-order valence-corrected chi connectivity index (χ4v) is 2.66. The Morgan fingerprint density at radius 1 is 1.22 bits per heavy atom. The summed E-state index contributed by atoms with van der Waals surface area (Å²) in [6, 6.07) is 5.74. The summed E-state index contributed by atoms with van der Waals surface area (Å²) in [4.78, 5) is 4.44. The van der Waals surface area contributed by atoms with Gasteiger partial charge in [0, 0.05) is 6.42 Å². The van der Waals surface area contributed by atoms with Gasteiger partial charge in [0.2, 0.25) is 5.89 Å². The maximum absolute atomic E-state index is 6.21. The van der Waals surface area contributed by atoms with Crippen molar-refractivity contribution in [3.05, 3.63) is 35.5 Å². The molecule has 0 radical (unpaired) electrons. The van der Waals surface area contributed by atoms with Crippen molar-refractivity contribution in [1.82, 2.24) is 10.1 Å².